The number of para-hydroxylation sites is 1. The van der Waals surface area contributed by atoms with Crippen molar-refractivity contribution in [1.29, 1.82) is 0 Å². The molecule has 0 radical (unpaired) electrons. The Kier molecular flexibility index (Phi) is 5.08. The van der Waals surface area contributed by atoms with E-state index in [1.54, 1.807) is 37.2 Å². The van der Waals surface area contributed by atoms with Crippen molar-refractivity contribution < 1.29 is 9.47 Å². The maximum Gasteiger partial charge on any atom is 0.255 e. The Labute approximate surface area is 163 Å². The molecule has 0 spiro atoms. The van der Waals surface area contributed by atoms with Gasteiger partial charge in [0, 0.05) is 43.2 Å². The van der Waals surface area contributed by atoms with Crippen LogP contribution in [0.5, 0.6) is 5.75 Å². The van der Waals surface area contributed by atoms with Crippen LogP contribution in [-0.2, 0) is 11.8 Å². The molecule has 0 saturated carbocycles. The minimum atomic E-state index is -0.161. The molecule has 0 aliphatic carbocycles. The molecule has 2 aromatic heterocycles. The summed E-state index contributed by atoms with van der Waals surface area (Å²) >= 11 is 0. The zero-order valence-electron chi connectivity index (χ0n) is 15.9. The van der Waals surface area contributed by atoms with E-state index in [-0.39, 0.29) is 11.7 Å². The van der Waals surface area contributed by atoms with Gasteiger partial charge in [0.1, 0.15) is 11.9 Å². The van der Waals surface area contributed by atoms with E-state index in [1.165, 1.54) is 0 Å². The van der Waals surface area contributed by atoms with Crippen LogP contribution in [0, 0.1) is 0 Å². The second kappa shape index (κ2) is 7.82. The highest BCUT2D eigenvalue weighted by molar-refractivity contribution is 5.59. The van der Waals surface area contributed by atoms with Gasteiger partial charge in [-0.3, -0.25) is 14.3 Å². The predicted octanol–water partition coefficient (Wildman–Crippen LogP) is 2.43. The van der Waals surface area contributed by atoms with Gasteiger partial charge >= 0.3 is 0 Å². The first kappa shape index (κ1) is 18.2. The highest BCUT2D eigenvalue weighted by atomic mass is 16.5. The number of morpholine rings is 1. The number of hydrogen-bond acceptors (Lipinski definition) is 6. The van der Waals surface area contributed by atoms with Crippen LogP contribution >= 0.6 is 0 Å². The molecule has 144 valence electrons. The summed E-state index contributed by atoms with van der Waals surface area (Å²) in [4.78, 5) is 23.5. The summed E-state index contributed by atoms with van der Waals surface area (Å²) in [6, 6.07) is 13.1. The molecule has 1 atom stereocenters. The summed E-state index contributed by atoms with van der Waals surface area (Å²) in [7, 11) is 3.40. The third-order valence-corrected chi connectivity index (χ3v) is 4.92. The number of aromatic nitrogens is 3. The lowest BCUT2D eigenvalue weighted by Crippen LogP contribution is -2.41. The molecule has 1 fully saturated rings. The van der Waals surface area contributed by atoms with Gasteiger partial charge in [0.15, 0.2) is 0 Å². The molecule has 0 unspecified atom stereocenters. The van der Waals surface area contributed by atoms with Gasteiger partial charge in [-0.2, -0.15) is 0 Å². The van der Waals surface area contributed by atoms with Gasteiger partial charge in [-0.1, -0.05) is 18.2 Å². The molecule has 7 heteroatoms. The molecule has 0 N–H and O–H groups in total. The van der Waals surface area contributed by atoms with Crippen molar-refractivity contribution in [1.82, 2.24) is 14.5 Å². The quantitative estimate of drug-likeness (QED) is 0.695. The first-order chi connectivity index (χ1) is 13.7. The fraction of sp³-hybridized carbons (Fsp3) is 0.286. The molecular formula is C21H22N4O3. The zero-order valence-corrected chi connectivity index (χ0v) is 15.9. The maximum atomic E-state index is 12.6. The fourth-order valence-electron chi connectivity index (χ4n) is 3.43. The topological polar surface area (TPSA) is 69.5 Å². The van der Waals surface area contributed by atoms with E-state index in [9.17, 15) is 4.79 Å². The number of pyridine rings is 1. The number of rotatable bonds is 4. The average Bonchev–Trinajstić information content (AvgIpc) is 2.76. The van der Waals surface area contributed by atoms with Crippen LogP contribution in [-0.4, -0.2) is 41.3 Å². The largest absolute Gasteiger partial charge is 0.496 e. The summed E-state index contributed by atoms with van der Waals surface area (Å²) < 4.78 is 13.1. The van der Waals surface area contributed by atoms with Crippen molar-refractivity contribution in [3.05, 3.63) is 70.8 Å². The Bertz CT molecular complexity index is 1020. The molecule has 3 heterocycles. The van der Waals surface area contributed by atoms with Gasteiger partial charge in [0.2, 0.25) is 5.95 Å². The number of methoxy groups -OCH3 is 1. The molecule has 7 nitrogen and oxygen atoms in total. The SMILES string of the molecule is COc1ccccc1[C@H]1CN(c2nc(-c3ccncc3)cc(=O)n2C)CCO1. The van der Waals surface area contributed by atoms with Crippen LogP contribution in [0.3, 0.4) is 0 Å². The lowest BCUT2D eigenvalue weighted by molar-refractivity contribution is 0.0374. The third-order valence-electron chi connectivity index (χ3n) is 4.92. The minimum absolute atomic E-state index is 0.0999. The molecule has 1 aliphatic rings. The van der Waals surface area contributed by atoms with E-state index in [0.29, 0.717) is 31.3 Å². The van der Waals surface area contributed by atoms with E-state index in [4.69, 9.17) is 14.5 Å². The van der Waals surface area contributed by atoms with Crippen LogP contribution in [0.4, 0.5) is 5.95 Å². The van der Waals surface area contributed by atoms with Crippen molar-refractivity contribution in [2.45, 2.75) is 6.10 Å². The van der Waals surface area contributed by atoms with E-state index >= 15 is 0 Å². The Morgan fingerprint density at radius 3 is 2.75 bits per heavy atom. The lowest BCUT2D eigenvalue weighted by atomic mass is 10.1. The Balaban J connectivity index is 1.69. The van der Waals surface area contributed by atoms with E-state index in [2.05, 4.69) is 9.88 Å². The van der Waals surface area contributed by atoms with Crippen LogP contribution in [0.2, 0.25) is 0 Å². The van der Waals surface area contributed by atoms with Crippen molar-refractivity contribution in [3.63, 3.8) is 0 Å². The molecule has 1 saturated heterocycles. The lowest BCUT2D eigenvalue weighted by Gasteiger charge is -2.35. The van der Waals surface area contributed by atoms with Gasteiger partial charge < -0.3 is 14.4 Å². The molecule has 4 rings (SSSR count). The van der Waals surface area contributed by atoms with Crippen LogP contribution < -0.4 is 15.2 Å². The highest BCUT2D eigenvalue weighted by Crippen LogP contribution is 2.31. The number of nitrogens with zero attached hydrogens (tertiary/aromatic N) is 4. The summed E-state index contributed by atoms with van der Waals surface area (Å²) in [6.45, 7) is 1.78. The Morgan fingerprint density at radius 2 is 1.96 bits per heavy atom. The first-order valence-corrected chi connectivity index (χ1v) is 9.15. The Morgan fingerprint density at radius 1 is 1.18 bits per heavy atom. The molecule has 28 heavy (non-hydrogen) atoms. The minimum Gasteiger partial charge on any atom is -0.496 e. The average molecular weight is 378 g/mol. The summed E-state index contributed by atoms with van der Waals surface area (Å²) in [5, 5.41) is 0. The number of ether oxygens (including phenoxy) is 2. The maximum absolute atomic E-state index is 12.6. The second-order valence-corrected chi connectivity index (χ2v) is 6.62. The fourth-order valence-corrected chi connectivity index (χ4v) is 3.43. The van der Waals surface area contributed by atoms with Gasteiger partial charge in [-0.05, 0) is 18.2 Å². The summed E-state index contributed by atoms with van der Waals surface area (Å²) in [5.41, 5.74) is 2.39. The number of hydrogen-bond donors (Lipinski definition) is 0. The molecule has 1 aromatic carbocycles. The van der Waals surface area contributed by atoms with Crippen LogP contribution in [0.15, 0.2) is 59.7 Å². The third kappa shape index (κ3) is 3.48. The van der Waals surface area contributed by atoms with Crippen molar-refractivity contribution in [2.24, 2.45) is 7.05 Å². The smallest absolute Gasteiger partial charge is 0.255 e. The standard InChI is InChI=1S/C21H22N4O3/c1-24-20(26)13-17(15-7-9-22-10-8-15)23-21(24)25-11-12-28-19(14-25)16-5-3-4-6-18(16)27-2/h3-10,13,19H,11-12,14H2,1-2H3/t19-/m1/s1. The van der Waals surface area contributed by atoms with Gasteiger partial charge in [-0.25, -0.2) is 4.98 Å². The van der Waals surface area contributed by atoms with Gasteiger partial charge in [0.05, 0.1) is 26.0 Å². The molecule has 0 amide bonds. The predicted molar refractivity (Wildman–Crippen MR) is 107 cm³/mol. The van der Waals surface area contributed by atoms with Gasteiger partial charge in [-0.15, -0.1) is 0 Å². The monoisotopic (exact) mass is 378 g/mol. The molecule has 0 bridgehead atoms. The molecular weight excluding hydrogens is 356 g/mol. The van der Waals surface area contributed by atoms with Crippen molar-refractivity contribution >= 4 is 5.95 Å². The highest BCUT2D eigenvalue weighted by Gasteiger charge is 2.27. The number of benzene rings is 1. The van der Waals surface area contributed by atoms with Gasteiger partial charge in [0.25, 0.3) is 5.56 Å². The zero-order chi connectivity index (χ0) is 19.5. The number of anilines is 1. The van der Waals surface area contributed by atoms with Crippen molar-refractivity contribution in [2.75, 3.05) is 31.7 Å². The van der Waals surface area contributed by atoms with E-state index in [0.717, 1.165) is 16.9 Å². The van der Waals surface area contributed by atoms with E-state index < -0.39 is 0 Å². The van der Waals surface area contributed by atoms with Crippen LogP contribution in [0.1, 0.15) is 11.7 Å². The van der Waals surface area contributed by atoms with E-state index in [1.807, 2.05) is 36.4 Å². The van der Waals surface area contributed by atoms with Crippen LogP contribution in [0.25, 0.3) is 11.3 Å². The summed E-state index contributed by atoms with van der Waals surface area (Å²) in [5.74, 6) is 1.42. The molecule has 1 aliphatic heterocycles. The Hall–Kier alpha value is -3.19. The summed E-state index contributed by atoms with van der Waals surface area (Å²) in [6.07, 6.45) is 3.23. The normalized spacial score (nSPS) is 16.8. The van der Waals surface area contributed by atoms with Crippen molar-refractivity contribution in [3.8, 4) is 17.0 Å². The first-order valence-electron chi connectivity index (χ1n) is 9.15. The molecule has 3 aromatic rings. The second-order valence-electron chi connectivity index (χ2n) is 6.62.